The van der Waals surface area contributed by atoms with Gasteiger partial charge < -0.3 is 12.9 Å². The van der Waals surface area contributed by atoms with Crippen LogP contribution < -0.4 is 51.4 Å². The molecule has 0 heterocycles. The average molecular weight is 238 g/mol. The second-order valence-electron chi connectivity index (χ2n) is 3.89. The molecule has 0 aromatic heterocycles. The number of halogens is 3. The van der Waals surface area contributed by atoms with Gasteiger partial charge >= 0.3 is 58.4 Å². The van der Waals surface area contributed by atoms with Gasteiger partial charge in [0.15, 0.2) is 0 Å². The molecule has 5 heteroatoms. The second-order valence-corrected chi connectivity index (χ2v) is 3.89. The zero-order valence-electron chi connectivity index (χ0n) is 8.72. The first-order valence-electron chi connectivity index (χ1n) is 4.85. The predicted molar refractivity (Wildman–Crippen MR) is 51.2 cm³/mol. The molecule has 1 aromatic carbocycles. The van der Waals surface area contributed by atoms with E-state index < -0.39 is 13.3 Å². The summed E-state index contributed by atoms with van der Waals surface area (Å²) in [5.74, 6) is 0.393. The summed E-state index contributed by atoms with van der Waals surface area (Å²) in [6.45, 7) is -4.70. The van der Waals surface area contributed by atoms with Crippen molar-refractivity contribution in [2.45, 2.75) is 25.1 Å². The van der Waals surface area contributed by atoms with E-state index in [1.807, 2.05) is 12.1 Å². The normalized spacial score (nSPS) is 15.9. The third-order valence-electron chi connectivity index (χ3n) is 2.52. The van der Waals surface area contributed by atoms with Crippen molar-refractivity contribution in [3.05, 3.63) is 35.4 Å². The van der Waals surface area contributed by atoms with Crippen molar-refractivity contribution in [2.75, 3.05) is 0 Å². The molecule has 76 valence electrons. The Morgan fingerprint density at radius 3 is 2.27 bits per heavy atom. The van der Waals surface area contributed by atoms with Gasteiger partial charge in [-0.1, -0.05) is 36.1 Å². The van der Waals surface area contributed by atoms with Crippen LogP contribution in [0, 0.1) is 0 Å². The van der Waals surface area contributed by atoms with Crippen LogP contribution >= 0.6 is 0 Å². The van der Waals surface area contributed by atoms with Crippen molar-refractivity contribution < 1.29 is 64.3 Å². The monoisotopic (exact) mass is 238 g/mol. The SMILES string of the molecule is F[B-](F)(F)Cc1ccccc1C1CC1.[K+]. The maximum Gasteiger partial charge on any atom is 1.00 e. The van der Waals surface area contributed by atoms with E-state index in [0.717, 1.165) is 18.4 Å². The van der Waals surface area contributed by atoms with Crippen molar-refractivity contribution in [2.24, 2.45) is 0 Å². The van der Waals surface area contributed by atoms with Crippen molar-refractivity contribution in [1.82, 2.24) is 0 Å². The predicted octanol–water partition coefficient (Wildman–Crippen LogP) is 0.497. The molecule has 0 radical (unpaired) electrons. The topological polar surface area (TPSA) is 0 Å². The fourth-order valence-corrected chi connectivity index (χ4v) is 1.76. The Kier molecular flexibility index (Phi) is 4.92. The smallest absolute Gasteiger partial charge is 0.449 e. The third-order valence-corrected chi connectivity index (χ3v) is 2.52. The molecule has 0 amide bonds. The standard InChI is InChI=1S/C10H11BF3.K/c12-11(13,14)7-9-3-1-2-4-10(9)8-5-6-8;/h1-4,8H,5-7H2;/q-1;+1. The maximum absolute atomic E-state index is 12.3. The third kappa shape index (κ3) is 4.23. The summed E-state index contributed by atoms with van der Waals surface area (Å²) in [7, 11) is 0. The van der Waals surface area contributed by atoms with Crippen LogP contribution in [-0.2, 0) is 6.32 Å². The van der Waals surface area contributed by atoms with Gasteiger partial charge in [-0.05, 0) is 24.3 Å². The molecule has 2 rings (SSSR count). The molecule has 1 aliphatic carbocycles. The molecule has 1 fully saturated rings. The summed E-state index contributed by atoms with van der Waals surface area (Å²) in [5.41, 5.74) is 1.38. The van der Waals surface area contributed by atoms with Gasteiger partial charge in [-0.2, -0.15) is 0 Å². The van der Waals surface area contributed by atoms with Crippen molar-refractivity contribution in [1.29, 1.82) is 0 Å². The van der Waals surface area contributed by atoms with Crippen LogP contribution in [0.25, 0.3) is 0 Å². The van der Waals surface area contributed by atoms with Crippen LogP contribution in [0.5, 0.6) is 0 Å². The van der Waals surface area contributed by atoms with E-state index in [2.05, 4.69) is 0 Å². The maximum atomic E-state index is 12.3. The molecule has 0 atom stereocenters. The molecule has 0 N–H and O–H groups in total. The van der Waals surface area contributed by atoms with E-state index in [0.29, 0.717) is 11.5 Å². The van der Waals surface area contributed by atoms with E-state index in [4.69, 9.17) is 0 Å². The molecule has 0 unspecified atom stereocenters. The van der Waals surface area contributed by atoms with Gasteiger partial charge in [0.05, 0.1) is 0 Å². The Labute approximate surface area is 130 Å². The molecule has 0 aliphatic heterocycles. The van der Waals surface area contributed by atoms with Crippen LogP contribution in [0.3, 0.4) is 0 Å². The Balaban J connectivity index is 0.00000112. The first kappa shape index (κ1) is 13.8. The summed E-state index contributed by atoms with van der Waals surface area (Å²) in [5, 5.41) is 0. The first-order valence-corrected chi connectivity index (χ1v) is 4.85. The van der Waals surface area contributed by atoms with Gasteiger partial charge in [0, 0.05) is 0 Å². The fraction of sp³-hybridized carbons (Fsp3) is 0.400. The number of rotatable bonds is 3. The van der Waals surface area contributed by atoms with Crippen LogP contribution in [0.4, 0.5) is 12.9 Å². The Morgan fingerprint density at radius 1 is 1.13 bits per heavy atom. The van der Waals surface area contributed by atoms with Crippen molar-refractivity contribution >= 4 is 6.98 Å². The number of hydrogen-bond acceptors (Lipinski definition) is 0. The molecule has 0 spiro atoms. The van der Waals surface area contributed by atoms with Gasteiger partial charge in [0.2, 0.25) is 0 Å². The van der Waals surface area contributed by atoms with E-state index in [1.54, 1.807) is 12.1 Å². The van der Waals surface area contributed by atoms with Crippen LogP contribution in [0.15, 0.2) is 24.3 Å². The fourth-order valence-electron chi connectivity index (χ4n) is 1.76. The molecule has 0 nitrogen and oxygen atoms in total. The Hall–Kier alpha value is 0.711. The van der Waals surface area contributed by atoms with E-state index >= 15 is 0 Å². The van der Waals surface area contributed by atoms with Crippen molar-refractivity contribution in [3.8, 4) is 0 Å². The molecular weight excluding hydrogens is 227 g/mol. The molecule has 1 aromatic rings. The Morgan fingerprint density at radius 2 is 1.73 bits per heavy atom. The summed E-state index contributed by atoms with van der Waals surface area (Å²) in [6, 6.07) is 6.93. The number of hydrogen-bond donors (Lipinski definition) is 0. The first-order chi connectivity index (χ1) is 6.56. The van der Waals surface area contributed by atoms with Gasteiger partial charge in [-0.15, -0.1) is 0 Å². The summed E-state index contributed by atoms with van der Waals surface area (Å²) >= 11 is 0. The van der Waals surface area contributed by atoms with Gasteiger partial charge in [-0.25, -0.2) is 0 Å². The number of benzene rings is 1. The summed E-state index contributed by atoms with van der Waals surface area (Å²) < 4.78 is 36.8. The molecule has 0 bridgehead atoms. The van der Waals surface area contributed by atoms with Crippen molar-refractivity contribution in [3.63, 3.8) is 0 Å². The minimum atomic E-state index is -4.70. The van der Waals surface area contributed by atoms with Gasteiger partial charge in [-0.3, -0.25) is 0 Å². The second kappa shape index (κ2) is 5.36. The van der Waals surface area contributed by atoms with Gasteiger partial charge in [0.25, 0.3) is 0 Å². The molecule has 1 saturated carbocycles. The van der Waals surface area contributed by atoms with E-state index in [1.165, 1.54) is 0 Å². The van der Waals surface area contributed by atoms with Crippen LogP contribution in [0.2, 0.25) is 0 Å². The van der Waals surface area contributed by atoms with Gasteiger partial charge in [0.1, 0.15) is 0 Å². The minimum Gasteiger partial charge on any atom is -0.449 e. The molecular formula is C10H11BF3K. The molecule has 15 heavy (non-hydrogen) atoms. The average Bonchev–Trinajstić information content (AvgIpc) is 2.85. The summed E-state index contributed by atoms with van der Waals surface area (Å²) in [6.07, 6.45) is 1.36. The van der Waals surface area contributed by atoms with Crippen LogP contribution in [0.1, 0.15) is 29.9 Å². The minimum absolute atomic E-state index is 0. The molecule has 1 aliphatic rings. The van der Waals surface area contributed by atoms with Crippen LogP contribution in [-0.4, -0.2) is 6.98 Å². The van der Waals surface area contributed by atoms with E-state index in [9.17, 15) is 12.9 Å². The zero-order valence-corrected chi connectivity index (χ0v) is 11.8. The molecule has 0 saturated heterocycles. The van der Waals surface area contributed by atoms with E-state index in [-0.39, 0.29) is 51.4 Å². The summed E-state index contributed by atoms with van der Waals surface area (Å²) in [4.78, 5) is 0. The Bertz CT molecular complexity index is 334. The zero-order chi connectivity index (χ0) is 10.2. The quantitative estimate of drug-likeness (QED) is 0.672. The largest absolute Gasteiger partial charge is 1.00 e.